The fourth-order valence-corrected chi connectivity index (χ4v) is 1.79. The molecule has 5 nitrogen and oxygen atoms in total. The van der Waals surface area contributed by atoms with Crippen molar-refractivity contribution in [1.82, 2.24) is 4.90 Å². The van der Waals surface area contributed by atoms with Crippen LogP contribution in [-0.2, 0) is 4.74 Å². The lowest BCUT2D eigenvalue weighted by atomic mass is 10.1. The van der Waals surface area contributed by atoms with Gasteiger partial charge in [-0.05, 0) is 19.9 Å². The van der Waals surface area contributed by atoms with Gasteiger partial charge in [0.2, 0.25) is 0 Å². The molecule has 0 aromatic heterocycles. The number of halogens is 1. The van der Waals surface area contributed by atoms with E-state index < -0.39 is 0 Å². The Morgan fingerprint density at radius 1 is 1.29 bits per heavy atom. The number of methoxy groups -OCH3 is 1. The average molecular weight is 407 g/mol. The lowest BCUT2D eigenvalue weighted by Crippen LogP contribution is -2.31. The molecule has 21 heavy (non-hydrogen) atoms. The van der Waals surface area contributed by atoms with Gasteiger partial charge >= 0.3 is 0 Å². The summed E-state index contributed by atoms with van der Waals surface area (Å²) in [4.78, 5) is 6.14. The van der Waals surface area contributed by atoms with E-state index in [-0.39, 0.29) is 36.2 Å². The Balaban J connectivity index is 0.00000400. The molecular formula is C15H26IN3O2. The van der Waals surface area contributed by atoms with Gasteiger partial charge < -0.3 is 20.1 Å². The van der Waals surface area contributed by atoms with E-state index in [0.29, 0.717) is 12.5 Å². The predicted molar refractivity (Wildman–Crippen MR) is 97.5 cm³/mol. The van der Waals surface area contributed by atoms with Crippen LogP contribution in [0.25, 0.3) is 0 Å². The fourth-order valence-electron chi connectivity index (χ4n) is 1.79. The molecule has 120 valence electrons. The van der Waals surface area contributed by atoms with Gasteiger partial charge in [0, 0.05) is 19.7 Å². The molecule has 0 saturated heterocycles. The number of para-hydroxylation sites is 1. The second-order valence-corrected chi connectivity index (χ2v) is 5.01. The molecule has 0 bridgehead atoms. The van der Waals surface area contributed by atoms with Crippen molar-refractivity contribution in [1.29, 1.82) is 0 Å². The quantitative estimate of drug-likeness (QED) is 0.448. The summed E-state index contributed by atoms with van der Waals surface area (Å²) >= 11 is 0. The van der Waals surface area contributed by atoms with E-state index in [1.807, 2.05) is 52.2 Å². The van der Waals surface area contributed by atoms with Gasteiger partial charge in [-0.25, -0.2) is 0 Å². The molecule has 1 unspecified atom stereocenters. The molecule has 0 aliphatic carbocycles. The Bertz CT molecular complexity index is 450. The second-order valence-electron chi connectivity index (χ2n) is 5.01. The third-order valence-electron chi connectivity index (χ3n) is 2.80. The molecule has 0 fully saturated rings. The van der Waals surface area contributed by atoms with E-state index in [9.17, 15) is 0 Å². The van der Waals surface area contributed by atoms with Gasteiger partial charge in [0.1, 0.15) is 11.9 Å². The highest BCUT2D eigenvalue weighted by molar-refractivity contribution is 14.0. The van der Waals surface area contributed by atoms with Crippen LogP contribution < -0.4 is 10.5 Å². The van der Waals surface area contributed by atoms with E-state index in [1.54, 1.807) is 12.0 Å². The maximum Gasteiger partial charge on any atom is 0.190 e. The summed E-state index contributed by atoms with van der Waals surface area (Å²) in [5, 5.41) is 0. The summed E-state index contributed by atoms with van der Waals surface area (Å²) in [7, 11) is 5.38. The minimum atomic E-state index is -0.176. The first-order chi connectivity index (χ1) is 9.45. The molecule has 0 aliphatic heterocycles. The monoisotopic (exact) mass is 407 g/mol. The number of guanidine groups is 1. The van der Waals surface area contributed by atoms with Crippen LogP contribution in [0, 0.1) is 0 Å². The number of rotatable bonds is 6. The third kappa shape index (κ3) is 6.52. The first-order valence-corrected chi connectivity index (χ1v) is 6.71. The molecule has 0 heterocycles. The lowest BCUT2D eigenvalue weighted by Gasteiger charge is -2.22. The zero-order valence-electron chi connectivity index (χ0n) is 13.4. The molecule has 0 amide bonds. The first-order valence-electron chi connectivity index (χ1n) is 6.71. The van der Waals surface area contributed by atoms with Crippen molar-refractivity contribution < 1.29 is 9.47 Å². The van der Waals surface area contributed by atoms with Crippen molar-refractivity contribution in [2.75, 3.05) is 27.7 Å². The van der Waals surface area contributed by atoms with E-state index in [1.165, 1.54) is 0 Å². The van der Waals surface area contributed by atoms with Gasteiger partial charge in [0.05, 0.1) is 19.8 Å². The summed E-state index contributed by atoms with van der Waals surface area (Å²) < 4.78 is 11.3. The van der Waals surface area contributed by atoms with Gasteiger partial charge in [0.15, 0.2) is 5.96 Å². The van der Waals surface area contributed by atoms with E-state index in [4.69, 9.17) is 15.2 Å². The molecular weight excluding hydrogens is 381 g/mol. The predicted octanol–water partition coefficient (Wildman–Crippen LogP) is 2.66. The normalized spacial score (nSPS) is 12.8. The van der Waals surface area contributed by atoms with Crippen LogP contribution in [0.5, 0.6) is 5.75 Å². The smallest absolute Gasteiger partial charge is 0.190 e. The Morgan fingerprint density at radius 2 is 1.90 bits per heavy atom. The van der Waals surface area contributed by atoms with Crippen LogP contribution in [-0.4, -0.2) is 44.7 Å². The first kappa shape index (κ1) is 20.0. The van der Waals surface area contributed by atoms with Gasteiger partial charge in [-0.15, -0.1) is 24.0 Å². The molecule has 0 saturated carbocycles. The maximum absolute atomic E-state index is 5.95. The maximum atomic E-state index is 5.95. The standard InChI is InChI=1S/C15H25N3O2.HI/c1-11(2)20-14(10-17-15(16)18(3)4)12-8-6-7-9-13(12)19-5;/h6-9,11,14H,10H2,1-5H3,(H2,16,17);1H. The summed E-state index contributed by atoms with van der Waals surface area (Å²) in [6, 6.07) is 7.82. The van der Waals surface area contributed by atoms with Crippen LogP contribution in [0.3, 0.4) is 0 Å². The number of nitrogens with two attached hydrogens (primary N) is 1. The number of hydrogen-bond donors (Lipinski definition) is 1. The number of ether oxygens (including phenoxy) is 2. The minimum absolute atomic E-state index is 0. The van der Waals surface area contributed by atoms with Crippen molar-refractivity contribution in [3.05, 3.63) is 29.8 Å². The van der Waals surface area contributed by atoms with Crippen LogP contribution in [0.1, 0.15) is 25.5 Å². The molecule has 0 spiro atoms. The third-order valence-corrected chi connectivity index (χ3v) is 2.80. The summed E-state index contributed by atoms with van der Waals surface area (Å²) in [6.07, 6.45) is -0.0784. The Hall–Kier alpha value is -1.02. The zero-order valence-corrected chi connectivity index (χ0v) is 15.7. The van der Waals surface area contributed by atoms with Crippen LogP contribution in [0.2, 0.25) is 0 Å². The molecule has 1 atom stereocenters. The fraction of sp³-hybridized carbons (Fsp3) is 0.533. The molecule has 1 aromatic rings. The molecule has 1 rings (SSSR count). The number of aliphatic imine (C=N–C) groups is 1. The SMILES string of the molecule is COc1ccccc1C(CN=C(N)N(C)C)OC(C)C.I. The minimum Gasteiger partial charge on any atom is -0.496 e. The van der Waals surface area contributed by atoms with Gasteiger partial charge in [-0.2, -0.15) is 0 Å². The topological polar surface area (TPSA) is 60.1 Å². The lowest BCUT2D eigenvalue weighted by molar-refractivity contribution is 0.0109. The highest BCUT2D eigenvalue weighted by atomic mass is 127. The summed E-state index contributed by atoms with van der Waals surface area (Å²) in [5.74, 6) is 1.29. The molecule has 2 N–H and O–H groups in total. The van der Waals surface area contributed by atoms with E-state index in [0.717, 1.165) is 11.3 Å². The van der Waals surface area contributed by atoms with Crippen molar-refractivity contribution in [2.24, 2.45) is 10.7 Å². The number of hydrogen-bond acceptors (Lipinski definition) is 3. The van der Waals surface area contributed by atoms with Crippen LogP contribution >= 0.6 is 24.0 Å². The Labute approximate surface area is 144 Å². The summed E-state index contributed by atoms with van der Waals surface area (Å²) in [5.41, 5.74) is 6.82. The molecule has 0 radical (unpaired) electrons. The van der Waals surface area contributed by atoms with E-state index >= 15 is 0 Å². The van der Waals surface area contributed by atoms with Crippen molar-refractivity contribution in [3.8, 4) is 5.75 Å². The van der Waals surface area contributed by atoms with Crippen molar-refractivity contribution in [3.63, 3.8) is 0 Å². The highest BCUT2D eigenvalue weighted by Gasteiger charge is 2.18. The van der Waals surface area contributed by atoms with Gasteiger partial charge in [0.25, 0.3) is 0 Å². The van der Waals surface area contributed by atoms with Gasteiger partial charge in [-0.1, -0.05) is 18.2 Å². The summed E-state index contributed by atoms with van der Waals surface area (Å²) in [6.45, 7) is 4.46. The van der Waals surface area contributed by atoms with Crippen LogP contribution in [0.15, 0.2) is 29.3 Å². The highest BCUT2D eigenvalue weighted by Crippen LogP contribution is 2.28. The molecule has 0 aliphatic rings. The largest absolute Gasteiger partial charge is 0.496 e. The Morgan fingerprint density at radius 3 is 2.43 bits per heavy atom. The second kappa shape index (κ2) is 9.83. The van der Waals surface area contributed by atoms with Crippen molar-refractivity contribution >= 4 is 29.9 Å². The molecule has 6 heteroatoms. The van der Waals surface area contributed by atoms with Gasteiger partial charge in [-0.3, -0.25) is 4.99 Å². The molecule has 1 aromatic carbocycles. The zero-order chi connectivity index (χ0) is 15.1. The Kier molecular flexibility index (Phi) is 9.36. The van der Waals surface area contributed by atoms with E-state index in [2.05, 4.69) is 4.99 Å². The number of nitrogens with zero attached hydrogens (tertiary/aromatic N) is 2. The number of benzene rings is 1. The average Bonchev–Trinajstić information content (AvgIpc) is 2.42. The van der Waals surface area contributed by atoms with Crippen LogP contribution in [0.4, 0.5) is 0 Å². The van der Waals surface area contributed by atoms with Crippen molar-refractivity contribution in [2.45, 2.75) is 26.1 Å².